The number of hydrogen-bond acceptors (Lipinski definition) is 6. The summed E-state index contributed by atoms with van der Waals surface area (Å²) in [6.07, 6.45) is 13.4. The Morgan fingerprint density at radius 3 is 1.64 bits per heavy atom. The molecule has 0 aliphatic heterocycles. The predicted octanol–water partition coefficient (Wildman–Crippen LogP) is 14.4. The first-order valence-corrected chi connectivity index (χ1v) is 24.1. The summed E-state index contributed by atoms with van der Waals surface area (Å²) in [5.74, 6) is 2.26. The molecule has 2 fully saturated rings. The van der Waals surface area contributed by atoms with Crippen molar-refractivity contribution in [2.45, 2.75) is 89.8 Å². The first kappa shape index (κ1) is 45.3. The summed E-state index contributed by atoms with van der Waals surface area (Å²) in [5, 5.41) is 1.22. The molecule has 0 amide bonds. The Morgan fingerprint density at radius 1 is 0.537 bits per heavy atom. The van der Waals surface area contributed by atoms with Gasteiger partial charge in [-0.2, -0.15) is 0 Å². The molecule has 0 saturated heterocycles. The van der Waals surface area contributed by atoms with E-state index in [0.717, 1.165) is 40.1 Å². The lowest BCUT2D eigenvalue weighted by Gasteiger charge is -2.26. The van der Waals surface area contributed by atoms with Crippen LogP contribution >= 0.6 is 0 Å². The van der Waals surface area contributed by atoms with Gasteiger partial charge in [0.05, 0.1) is 31.0 Å². The molecule has 7 heteroatoms. The highest BCUT2D eigenvalue weighted by atomic mass is 16.5. The molecular weight excluding hydrogens is 831 g/mol. The fraction of sp³-hybridized carbons (Fsp3) is 0.300. The lowest BCUT2D eigenvalue weighted by atomic mass is 9.79. The van der Waals surface area contributed by atoms with Crippen LogP contribution in [0.5, 0.6) is 11.5 Å². The van der Waals surface area contributed by atoms with Crippen molar-refractivity contribution in [2.24, 2.45) is 13.0 Å². The molecule has 342 valence electrons. The largest absolute Gasteiger partial charge is 0.488 e. The summed E-state index contributed by atoms with van der Waals surface area (Å²) in [5.41, 5.74) is 14.7. The minimum absolute atomic E-state index is 0.280. The molecule has 0 radical (unpaired) electrons. The van der Waals surface area contributed by atoms with Crippen molar-refractivity contribution >= 4 is 34.0 Å². The molecule has 0 spiro atoms. The Kier molecular flexibility index (Phi) is 14.3. The standard InChI is InChI=1S/C30H31NO3.C30H30O3/c1-31-26-19-23(30(32)33-2)17-18-24(26)28(22-13-7-4-8-14-22)29(31)25-15-9-10-16-27(25)34-20-21-11-5-3-6-12-21;1-32-30(31)23-16-17-25-24(18-23)19-27(29(25)22-12-6-3-7-13-22)26-14-8-9-15-28(26)33-20-21-10-4-2-5-11-21/h3,5-6,9-12,15-19,22H,4,7-8,13-14,20H2,1-2H3;2,4-5,8-11,14-18,22H,3,6-7,12-13,19-20H2,1H3. The number of carbonyl (C=O) groups excluding carboxylic acids is 2. The minimum Gasteiger partial charge on any atom is -0.488 e. The molecule has 0 N–H and O–H groups in total. The van der Waals surface area contributed by atoms with Crippen LogP contribution in [0.3, 0.4) is 0 Å². The Balaban J connectivity index is 0.000000168. The number of rotatable bonds is 12. The van der Waals surface area contributed by atoms with E-state index in [2.05, 4.69) is 84.4 Å². The number of hydrogen-bond donors (Lipinski definition) is 0. The number of para-hydroxylation sites is 2. The van der Waals surface area contributed by atoms with Crippen LogP contribution in [-0.4, -0.2) is 30.7 Å². The second-order valence-corrected chi connectivity index (χ2v) is 18.2. The summed E-state index contributed by atoms with van der Waals surface area (Å²) < 4.78 is 24.9. The van der Waals surface area contributed by atoms with Gasteiger partial charge in [0.15, 0.2) is 0 Å². The number of fused-ring (bicyclic) bond motifs is 2. The third-order valence-corrected chi connectivity index (χ3v) is 14.0. The number of allylic oxidation sites excluding steroid dienone is 2. The van der Waals surface area contributed by atoms with Crippen LogP contribution in [0.1, 0.15) is 124 Å². The number of esters is 2. The van der Waals surface area contributed by atoms with Crippen molar-refractivity contribution < 1.29 is 28.5 Å². The molecule has 1 aromatic heterocycles. The van der Waals surface area contributed by atoms with Crippen LogP contribution in [-0.2, 0) is 36.2 Å². The van der Waals surface area contributed by atoms with Gasteiger partial charge in [0, 0.05) is 29.1 Å². The predicted molar refractivity (Wildman–Crippen MR) is 268 cm³/mol. The van der Waals surface area contributed by atoms with Gasteiger partial charge in [-0.15, -0.1) is 0 Å². The maximum absolute atomic E-state index is 12.3. The van der Waals surface area contributed by atoms with Crippen LogP contribution in [0.15, 0.2) is 146 Å². The van der Waals surface area contributed by atoms with Crippen LogP contribution in [0.2, 0.25) is 0 Å². The molecule has 2 saturated carbocycles. The zero-order valence-electron chi connectivity index (χ0n) is 39.1. The number of ether oxygens (including phenoxy) is 4. The van der Waals surface area contributed by atoms with Crippen LogP contribution < -0.4 is 9.47 Å². The molecule has 0 atom stereocenters. The van der Waals surface area contributed by atoms with Crippen molar-refractivity contribution in [1.29, 1.82) is 0 Å². The fourth-order valence-electron chi connectivity index (χ4n) is 10.7. The van der Waals surface area contributed by atoms with Gasteiger partial charge in [-0.05, 0) is 125 Å². The zero-order valence-corrected chi connectivity index (χ0v) is 39.1. The first-order chi connectivity index (χ1) is 32.9. The molecule has 7 nitrogen and oxygen atoms in total. The second kappa shape index (κ2) is 21.2. The lowest BCUT2D eigenvalue weighted by Crippen LogP contribution is -2.09. The first-order valence-electron chi connectivity index (χ1n) is 24.1. The van der Waals surface area contributed by atoms with Gasteiger partial charge < -0.3 is 23.5 Å². The number of methoxy groups -OCH3 is 2. The zero-order chi connectivity index (χ0) is 46.1. The Labute approximate surface area is 395 Å². The number of nitrogens with zero attached hydrogens (tertiary/aromatic N) is 1. The SMILES string of the molecule is COC(=O)c1ccc2c(C3CCCCC3)c(-c3ccccc3OCc3ccccc3)n(C)c2c1.COC(=O)c1ccc2c(c1)CC(c1ccccc1OCc1ccccc1)=C2C1CCCCC1. The summed E-state index contributed by atoms with van der Waals surface area (Å²) in [6, 6.07) is 49.3. The maximum Gasteiger partial charge on any atom is 0.337 e. The van der Waals surface area contributed by atoms with Crippen LogP contribution in [0.25, 0.3) is 33.3 Å². The molecule has 3 aliphatic rings. The van der Waals surface area contributed by atoms with Gasteiger partial charge in [0.1, 0.15) is 24.7 Å². The van der Waals surface area contributed by atoms with Gasteiger partial charge in [0.25, 0.3) is 0 Å². The number of carbonyl (C=O) groups is 2. The quantitative estimate of drug-likeness (QED) is 0.114. The minimum atomic E-state index is -0.310. The highest BCUT2D eigenvalue weighted by molar-refractivity contribution is 6.01. The Bertz CT molecular complexity index is 2860. The van der Waals surface area contributed by atoms with Crippen LogP contribution in [0, 0.1) is 5.92 Å². The highest BCUT2D eigenvalue weighted by Gasteiger charge is 2.32. The smallest absolute Gasteiger partial charge is 0.337 e. The van der Waals surface area contributed by atoms with E-state index < -0.39 is 0 Å². The third-order valence-electron chi connectivity index (χ3n) is 14.0. The summed E-state index contributed by atoms with van der Waals surface area (Å²) in [6.45, 7) is 1.07. The van der Waals surface area contributed by atoms with Gasteiger partial charge in [-0.3, -0.25) is 0 Å². The van der Waals surface area contributed by atoms with Gasteiger partial charge in [-0.25, -0.2) is 9.59 Å². The average molecular weight is 892 g/mol. The molecular formula is C60H61NO6. The number of aryl methyl sites for hydroxylation is 1. The van der Waals surface area contributed by atoms with Crippen molar-refractivity contribution in [2.75, 3.05) is 14.2 Å². The molecule has 6 aromatic carbocycles. The average Bonchev–Trinajstić information content (AvgIpc) is 3.92. The van der Waals surface area contributed by atoms with Crippen molar-refractivity contribution in [3.05, 3.63) is 190 Å². The Hall–Kier alpha value is -6.86. The van der Waals surface area contributed by atoms with E-state index >= 15 is 0 Å². The third kappa shape index (κ3) is 9.97. The molecule has 0 unspecified atom stereocenters. The van der Waals surface area contributed by atoms with Gasteiger partial charge in [0.2, 0.25) is 0 Å². The van der Waals surface area contributed by atoms with Gasteiger partial charge >= 0.3 is 11.9 Å². The van der Waals surface area contributed by atoms with Gasteiger partial charge in [-0.1, -0.05) is 142 Å². The monoisotopic (exact) mass is 891 g/mol. The van der Waals surface area contributed by atoms with E-state index in [1.165, 1.54) is 123 Å². The molecule has 1 heterocycles. The molecule has 0 bridgehead atoms. The fourth-order valence-corrected chi connectivity index (χ4v) is 10.7. The molecule has 10 rings (SSSR count). The van der Waals surface area contributed by atoms with E-state index in [4.69, 9.17) is 18.9 Å². The number of benzene rings is 6. The highest BCUT2D eigenvalue weighted by Crippen LogP contribution is 2.49. The van der Waals surface area contributed by atoms with Crippen molar-refractivity contribution in [1.82, 2.24) is 4.57 Å². The van der Waals surface area contributed by atoms with E-state index in [1.54, 1.807) is 0 Å². The summed E-state index contributed by atoms with van der Waals surface area (Å²) in [4.78, 5) is 24.4. The van der Waals surface area contributed by atoms with E-state index in [-0.39, 0.29) is 11.9 Å². The van der Waals surface area contributed by atoms with E-state index in [0.29, 0.717) is 36.2 Å². The normalized spacial score (nSPS) is 15.1. The topological polar surface area (TPSA) is 76.0 Å². The molecule has 7 aromatic rings. The Morgan fingerprint density at radius 2 is 1.04 bits per heavy atom. The maximum atomic E-state index is 12.3. The van der Waals surface area contributed by atoms with E-state index in [9.17, 15) is 9.59 Å². The summed E-state index contributed by atoms with van der Waals surface area (Å²) >= 11 is 0. The summed E-state index contributed by atoms with van der Waals surface area (Å²) in [7, 11) is 4.96. The number of aromatic nitrogens is 1. The molecule has 3 aliphatic carbocycles. The van der Waals surface area contributed by atoms with Crippen molar-refractivity contribution in [3.63, 3.8) is 0 Å². The van der Waals surface area contributed by atoms with Crippen LogP contribution in [0.4, 0.5) is 0 Å². The lowest BCUT2D eigenvalue weighted by molar-refractivity contribution is 0.0592. The van der Waals surface area contributed by atoms with E-state index in [1.807, 2.05) is 72.8 Å². The van der Waals surface area contributed by atoms with Crippen molar-refractivity contribution in [3.8, 4) is 22.8 Å². The molecule has 67 heavy (non-hydrogen) atoms. The second-order valence-electron chi connectivity index (χ2n) is 18.2.